The fourth-order valence-electron chi connectivity index (χ4n) is 3.67. The number of anilines is 1. The molecule has 2 aromatic rings. The van der Waals surface area contributed by atoms with Crippen molar-refractivity contribution in [2.24, 2.45) is 0 Å². The van der Waals surface area contributed by atoms with Crippen molar-refractivity contribution < 1.29 is 14.6 Å². The van der Waals surface area contributed by atoms with Crippen LogP contribution in [-0.4, -0.2) is 12.7 Å². The maximum absolute atomic E-state index is 11.1. The van der Waals surface area contributed by atoms with Crippen LogP contribution in [0.15, 0.2) is 24.3 Å². The molecule has 0 aliphatic carbocycles. The summed E-state index contributed by atoms with van der Waals surface area (Å²) in [5, 5.41) is 13.5. The fraction of sp³-hybridized carbons (Fsp3) is 0.381. The second-order valence-electron chi connectivity index (χ2n) is 7.09. The molecule has 0 fully saturated rings. The van der Waals surface area contributed by atoms with Crippen LogP contribution in [0.5, 0.6) is 5.75 Å². The van der Waals surface area contributed by atoms with Crippen molar-refractivity contribution in [3.05, 3.63) is 57.6 Å². The van der Waals surface area contributed by atoms with E-state index < -0.39 is 6.09 Å². The second-order valence-corrected chi connectivity index (χ2v) is 7.09. The van der Waals surface area contributed by atoms with Crippen molar-refractivity contribution >= 4 is 11.8 Å². The van der Waals surface area contributed by atoms with E-state index in [4.69, 9.17) is 4.74 Å². The summed E-state index contributed by atoms with van der Waals surface area (Å²) >= 11 is 0. The molecule has 4 nitrogen and oxygen atoms in total. The van der Waals surface area contributed by atoms with Crippen LogP contribution < -0.4 is 15.2 Å². The van der Waals surface area contributed by atoms with Gasteiger partial charge in [0.1, 0.15) is 11.8 Å². The topological polar surface area (TPSA) is 61.4 Å². The van der Waals surface area contributed by atoms with Gasteiger partial charge in [0.05, 0.1) is 6.61 Å². The highest BCUT2D eigenvalue weighted by molar-refractivity contribution is 5.86. The van der Waals surface area contributed by atoms with E-state index in [2.05, 4.69) is 43.4 Å². The van der Waals surface area contributed by atoms with Crippen LogP contribution in [-0.2, 0) is 0 Å². The Kier molecular flexibility index (Phi) is 4.46. The Morgan fingerprint density at radius 2 is 1.76 bits per heavy atom. The number of rotatable bonds is 3. The van der Waals surface area contributed by atoms with Gasteiger partial charge in [-0.15, -0.1) is 0 Å². The quantitative estimate of drug-likeness (QED) is 0.919. The number of ether oxygens (including phenoxy) is 1. The highest BCUT2D eigenvalue weighted by atomic mass is 16.5. The first-order valence-electron chi connectivity index (χ1n) is 8.65. The van der Waals surface area contributed by atoms with Gasteiger partial charge in [0, 0.05) is 17.2 Å². The van der Waals surface area contributed by atoms with Crippen molar-refractivity contribution in [3.63, 3.8) is 0 Å². The normalized spacial score (nSPS) is 15.8. The van der Waals surface area contributed by atoms with Gasteiger partial charge in [0.2, 0.25) is 0 Å². The molecule has 0 bridgehead atoms. The minimum atomic E-state index is -1.29. The number of carboxylic acid groups (broad SMARTS) is 1. The summed E-state index contributed by atoms with van der Waals surface area (Å²) < 4.78 is 6.00. The van der Waals surface area contributed by atoms with Crippen LogP contribution in [0.25, 0.3) is 0 Å². The number of benzene rings is 2. The molecule has 1 unspecified atom stereocenters. The zero-order chi connectivity index (χ0) is 18.3. The van der Waals surface area contributed by atoms with Crippen LogP contribution in [0.4, 0.5) is 10.5 Å². The Labute approximate surface area is 148 Å². The summed E-state index contributed by atoms with van der Waals surface area (Å²) in [6, 6.07) is 8.63. The minimum Gasteiger partial charge on any atom is -0.530 e. The molecule has 0 saturated heterocycles. The molecule has 1 aliphatic heterocycles. The van der Waals surface area contributed by atoms with E-state index in [-0.39, 0.29) is 5.92 Å². The molecule has 0 spiro atoms. The predicted octanol–water partition coefficient (Wildman–Crippen LogP) is 4.01. The first-order valence-corrected chi connectivity index (χ1v) is 8.65. The molecule has 1 atom stereocenters. The molecule has 0 radical (unpaired) electrons. The molecule has 1 amide bonds. The lowest BCUT2D eigenvalue weighted by atomic mass is 9.86. The Morgan fingerprint density at radius 3 is 2.32 bits per heavy atom. The molecule has 4 heteroatoms. The fourth-order valence-corrected chi connectivity index (χ4v) is 3.67. The van der Waals surface area contributed by atoms with Crippen molar-refractivity contribution in [3.8, 4) is 5.75 Å². The first-order chi connectivity index (χ1) is 11.8. The summed E-state index contributed by atoms with van der Waals surface area (Å²) in [5.41, 5.74) is 6.96. The molecule has 2 aromatic carbocycles. The van der Waals surface area contributed by atoms with Crippen molar-refractivity contribution in [1.82, 2.24) is 0 Å². The van der Waals surface area contributed by atoms with E-state index in [1.807, 2.05) is 20.8 Å². The molecule has 1 aliphatic rings. The zero-order valence-electron chi connectivity index (χ0n) is 15.4. The standard InChI is InChI=1S/C21H25NO3/c1-11(2)15-6-8-16(9-7-15)17-10-25-20-13(4)12(3)19(22-21(23)24)14(5)18(17)20/h6-9,11,17,22H,10H2,1-5H3,(H,23,24)/p-1. The number of carbonyl (C=O) groups excluding carboxylic acids is 1. The highest BCUT2D eigenvalue weighted by Crippen LogP contribution is 2.46. The number of fused-ring (bicyclic) bond motifs is 1. The van der Waals surface area contributed by atoms with E-state index >= 15 is 0 Å². The highest BCUT2D eigenvalue weighted by Gasteiger charge is 2.31. The average molecular weight is 338 g/mol. The lowest BCUT2D eigenvalue weighted by Gasteiger charge is -2.21. The number of hydrogen-bond donors (Lipinski definition) is 1. The number of nitrogens with one attached hydrogen (secondary N) is 1. The van der Waals surface area contributed by atoms with Crippen molar-refractivity contribution in [2.75, 3.05) is 11.9 Å². The van der Waals surface area contributed by atoms with Gasteiger partial charge in [0.15, 0.2) is 0 Å². The minimum absolute atomic E-state index is 0.109. The smallest absolute Gasteiger partial charge is 0.138 e. The molecule has 3 rings (SSSR count). The van der Waals surface area contributed by atoms with E-state index in [9.17, 15) is 9.90 Å². The van der Waals surface area contributed by atoms with Gasteiger partial charge in [-0.05, 0) is 54.5 Å². The van der Waals surface area contributed by atoms with E-state index in [1.165, 1.54) is 11.1 Å². The van der Waals surface area contributed by atoms with Crippen molar-refractivity contribution in [2.45, 2.75) is 46.5 Å². The van der Waals surface area contributed by atoms with Gasteiger partial charge in [0.25, 0.3) is 0 Å². The predicted molar refractivity (Wildman–Crippen MR) is 97.5 cm³/mol. The number of hydrogen-bond acceptors (Lipinski definition) is 3. The van der Waals surface area contributed by atoms with Crippen LogP contribution >= 0.6 is 0 Å². The molecular formula is C21H24NO3-. The van der Waals surface area contributed by atoms with Gasteiger partial charge in [-0.1, -0.05) is 38.1 Å². The molecular weight excluding hydrogens is 314 g/mol. The third kappa shape index (κ3) is 2.97. The van der Waals surface area contributed by atoms with E-state index in [1.54, 1.807) is 0 Å². The third-order valence-corrected chi connectivity index (χ3v) is 5.28. The molecule has 132 valence electrons. The van der Waals surface area contributed by atoms with Gasteiger partial charge in [-0.2, -0.15) is 0 Å². The summed E-state index contributed by atoms with van der Waals surface area (Å²) in [4.78, 5) is 11.1. The maximum atomic E-state index is 11.1. The summed E-state index contributed by atoms with van der Waals surface area (Å²) in [7, 11) is 0. The van der Waals surface area contributed by atoms with Gasteiger partial charge in [-0.25, -0.2) is 0 Å². The molecule has 1 heterocycles. The molecule has 25 heavy (non-hydrogen) atoms. The van der Waals surface area contributed by atoms with Gasteiger partial charge < -0.3 is 20.0 Å². The Balaban J connectivity index is 2.09. The molecule has 0 aromatic heterocycles. The SMILES string of the molecule is Cc1c(C)c2c(c(C)c1NC(=O)[O-])C(c1ccc(C(C)C)cc1)CO2. The van der Waals surface area contributed by atoms with Crippen LogP contribution in [0.1, 0.15) is 59.1 Å². The summed E-state index contributed by atoms with van der Waals surface area (Å²) in [6.07, 6.45) is -1.29. The van der Waals surface area contributed by atoms with Crippen LogP contribution in [0.3, 0.4) is 0 Å². The number of carbonyl (C=O) groups is 1. The summed E-state index contributed by atoms with van der Waals surface area (Å²) in [5.74, 6) is 1.49. The monoisotopic (exact) mass is 338 g/mol. The zero-order valence-corrected chi connectivity index (χ0v) is 15.4. The molecule has 0 saturated carbocycles. The van der Waals surface area contributed by atoms with Crippen LogP contribution in [0.2, 0.25) is 0 Å². The number of amides is 1. The first kappa shape index (κ1) is 17.3. The lowest BCUT2D eigenvalue weighted by Crippen LogP contribution is -2.29. The maximum Gasteiger partial charge on any atom is 0.138 e. The van der Waals surface area contributed by atoms with E-state index in [0.717, 1.165) is 28.0 Å². The van der Waals surface area contributed by atoms with E-state index in [0.29, 0.717) is 18.2 Å². The second kappa shape index (κ2) is 6.43. The lowest BCUT2D eigenvalue weighted by molar-refractivity contribution is -0.242. The Bertz CT molecular complexity index is 822. The average Bonchev–Trinajstić information content (AvgIpc) is 3.02. The van der Waals surface area contributed by atoms with Gasteiger partial charge in [-0.3, -0.25) is 0 Å². The summed E-state index contributed by atoms with van der Waals surface area (Å²) in [6.45, 7) is 10.8. The Morgan fingerprint density at radius 1 is 1.12 bits per heavy atom. The van der Waals surface area contributed by atoms with Gasteiger partial charge >= 0.3 is 0 Å². The largest absolute Gasteiger partial charge is 0.530 e. The van der Waals surface area contributed by atoms with Crippen LogP contribution in [0, 0.1) is 20.8 Å². The molecule has 1 N–H and O–H groups in total. The van der Waals surface area contributed by atoms with Crippen molar-refractivity contribution in [1.29, 1.82) is 0 Å². The Hall–Kier alpha value is -2.49. The third-order valence-electron chi connectivity index (χ3n) is 5.28.